The van der Waals surface area contributed by atoms with Gasteiger partial charge in [-0.15, -0.1) is 0 Å². The monoisotopic (exact) mass is 262 g/mol. The van der Waals surface area contributed by atoms with Crippen LogP contribution in [0.1, 0.15) is 5.56 Å². The van der Waals surface area contributed by atoms with Crippen LogP contribution < -0.4 is 10.6 Å². The third-order valence-corrected chi connectivity index (χ3v) is 3.02. The molecule has 0 aliphatic carbocycles. The highest BCUT2D eigenvalue weighted by Gasteiger charge is 2.13. The molecule has 19 heavy (non-hydrogen) atoms. The van der Waals surface area contributed by atoms with Crippen LogP contribution in [0.3, 0.4) is 0 Å². The van der Waals surface area contributed by atoms with Gasteiger partial charge in [-0.3, -0.25) is 0 Å². The molecular formula is C15H16F2N2. The summed E-state index contributed by atoms with van der Waals surface area (Å²) in [6, 6.07) is 11.2. The van der Waals surface area contributed by atoms with Crippen LogP contribution in [0.25, 0.3) is 0 Å². The number of hydrogen-bond donors (Lipinski definition) is 1. The van der Waals surface area contributed by atoms with Crippen LogP contribution >= 0.6 is 0 Å². The van der Waals surface area contributed by atoms with Crippen LogP contribution in [0.5, 0.6) is 0 Å². The molecule has 0 saturated heterocycles. The molecule has 0 unspecified atom stereocenters. The number of benzene rings is 2. The minimum Gasteiger partial charge on any atom is -0.340 e. The van der Waals surface area contributed by atoms with E-state index in [1.165, 1.54) is 17.0 Å². The van der Waals surface area contributed by atoms with Crippen molar-refractivity contribution in [3.63, 3.8) is 0 Å². The van der Waals surface area contributed by atoms with Crippen molar-refractivity contribution in [3.8, 4) is 0 Å². The summed E-state index contributed by atoms with van der Waals surface area (Å²) < 4.78 is 27.7. The fraction of sp³-hybridized carbons (Fsp3) is 0.200. The van der Waals surface area contributed by atoms with Crippen LogP contribution in [0.15, 0.2) is 42.5 Å². The number of nitrogens with zero attached hydrogens (tertiary/aromatic N) is 1. The molecule has 0 saturated carbocycles. The van der Waals surface area contributed by atoms with E-state index >= 15 is 0 Å². The summed E-state index contributed by atoms with van der Waals surface area (Å²) in [7, 11) is 1.64. The lowest BCUT2D eigenvalue weighted by Gasteiger charge is -2.21. The zero-order valence-corrected chi connectivity index (χ0v) is 10.7. The van der Waals surface area contributed by atoms with Crippen LogP contribution in [-0.4, -0.2) is 13.6 Å². The summed E-state index contributed by atoms with van der Waals surface area (Å²) in [5, 5.41) is 0. The molecule has 100 valence electrons. The smallest absolute Gasteiger partial charge is 0.147 e. The molecule has 0 bridgehead atoms. The first-order valence-corrected chi connectivity index (χ1v) is 6.10. The summed E-state index contributed by atoms with van der Waals surface area (Å²) in [5.74, 6) is -0.757. The second-order valence-electron chi connectivity index (χ2n) is 4.33. The van der Waals surface area contributed by atoms with Gasteiger partial charge in [0, 0.05) is 7.05 Å². The van der Waals surface area contributed by atoms with E-state index in [2.05, 4.69) is 0 Å². The highest BCUT2D eigenvalue weighted by molar-refractivity contribution is 5.63. The Morgan fingerprint density at radius 2 is 1.68 bits per heavy atom. The maximum atomic E-state index is 14.0. The van der Waals surface area contributed by atoms with Gasteiger partial charge in [0.05, 0.1) is 11.4 Å². The van der Waals surface area contributed by atoms with Crippen molar-refractivity contribution in [3.05, 3.63) is 59.7 Å². The molecule has 0 aromatic heterocycles. The first-order chi connectivity index (χ1) is 9.13. The third-order valence-electron chi connectivity index (χ3n) is 3.02. The van der Waals surface area contributed by atoms with Gasteiger partial charge in [0.2, 0.25) is 0 Å². The van der Waals surface area contributed by atoms with Crippen molar-refractivity contribution >= 4 is 11.4 Å². The quantitative estimate of drug-likeness (QED) is 0.916. The molecule has 0 heterocycles. The number of para-hydroxylation sites is 1. The predicted molar refractivity (Wildman–Crippen MR) is 73.6 cm³/mol. The Kier molecular flexibility index (Phi) is 4.12. The largest absolute Gasteiger partial charge is 0.340 e. The molecule has 0 spiro atoms. The van der Waals surface area contributed by atoms with Crippen LogP contribution in [0.4, 0.5) is 20.2 Å². The van der Waals surface area contributed by atoms with E-state index in [9.17, 15) is 8.78 Å². The van der Waals surface area contributed by atoms with Crippen molar-refractivity contribution in [1.29, 1.82) is 0 Å². The normalized spacial score (nSPS) is 10.5. The number of nitrogens with two attached hydrogens (primary N) is 1. The highest BCUT2D eigenvalue weighted by atomic mass is 19.1. The molecule has 2 nitrogen and oxygen atoms in total. The van der Waals surface area contributed by atoms with Gasteiger partial charge in [-0.1, -0.05) is 18.2 Å². The fourth-order valence-corrected chi connectivity index (χ4v) is 2.00. The average molecular weight is 262 g/mol. The Balaban J connectivity index is 2.34. The van der Waals surface area contributed by atoms with Crippen molar-refractivity contribution in [2.24, 2.45) is 5.73 Å². The lowest BCUT2D eigenvalue weighted by atomic mass is 10.1. The van der Waals surface area contributed by atoms with Crippen molar-refractivity contribution in [2.45, 2.75) is 6.42 Å². The number of rotatable bonds is 4. The standard InChI is InChI=1S/C15H16F2N2/c1-19(14-5-3-2-4-12(14)16)15-7-6-11(8-9-18)10-13(15)17/h2-7,10H,8-9,18H2,1H3. The molecule has 0 radical (unpaired) electrons. The van der Waals surface area contributed by atoms with Gasteiger partial charge >= 0.3 is 0 Å². The second-order valence-corrected chi connectivity index (χ2v) is 4.33. The van der Waals surface area contributed by atoms with E-state index in [1.54, 1.807) is 31.3 Å². The summed E-state index contributed by atoms with van der Waals surface area (Å²) in [6.07, 6.45) is 0.626. The van der Waals surface area contributed by atoms with Gasteiger partial charge in [0.25, 0.3) is 0 Å². The van der Waals surface area contributed by atoms with E-state index in [0.29, 0.717) is 24.3 Å². The summed E-state index contributed by atoms with van der Waals surface area (Å²) in [4.78, 5) is 1.50. The number of halogens is 2. The minimum atomic E-state index is -0.379. The van der Waals surface area contributed by atoms with Crippen molar-refractivity contribution in [1.82, 2.24) is 0 Å². The van der Waals surface area contributed by atoms with Crippen LogP contribution in [0.2, 0.25) is 0 Å². The van der Waals surface area contributed by atoms with Gasteiger partial charge in [0.1, 0.15) is 11.6 Å². The SMILES string of the molecule is CN(c1ccccc1F)c1ccc(CCN)cc1F. The molecule has 0 atom stereocenters. The van der Waals surface area contributed by atoms with Gasteiger partial charge in [-0.25, -0.2) is 8.78 Å². The summed E-state index contributed by atoms with van der Waals surface area (Å²) in [5.41, 5.74) is 6.96. The predicted octanol–water partition coefficient (Wildman–Crippen LogP) is 3.23. The molecule has 0 aliphatic heterocycles. The Morgan fingerprint density at radius 3 is 2.32 bits per heavy atom. The van der Waals surface area contributed by atoms with Crippen molar-refractivity contribution < 1.29 is 8.78 Å². The number of anilines is 2. The zero-order chi connectivity index (χ0) is 13.8. The maximum Gasteiger partial charge on any atom is 0.147 e. The lowest BCUT2D eigenvalue weighted by molar-refractivity contribution is 0.616. The first kappa shape index (κ1) is 13.5. The zero-order valence-electron chi connectivity index (χ0n) is 10.7. The van der Waals surface area contributed by atoms with Gasteiger partial charge in [-0.2, -0.15) is 0 Å². The van der Waals surface area contributed by atoms with Gasteiger partial charge in [-0.05, 0) is 42.8 Å². The molecule has 0 fully saturated rings. The van der Waals surface area contributed by atoms with E-state index in [0.717, 1.165) is 5.56 Å². The van der Waals surface area contributed by atoms with E-state index in [4.69, 9.17) is 5.73 Å². The Labute approximate surface area is 111 Å². The Hall–Kier alpha value is -1.94. The average Bonchev–Trinajstić information content (AvgIpc) is 2.39. The molecule has 2 aromatic rings. The molecule has 0 amide bonds. The minimum absolute atomic E-state index is 0.339. The van der Waals surface area contributed by atoms with Crippen LogP contribution in [-0.2, 0) is 6.42 Å². The van der Waals surface area contributed by atoms with Gasteiger partial charge < -0.3 is 10.6 Å². The first-order valence-electron chi connectivity index (χ1n) is 6.10. The molecule has 2 rings (SSSR count). The molecule has 2 N–H and O–H groups in total. The third kappa shape index (κ3) is 2.90. The molecule has 0 aliphatic rings. The van der Waals surface area contributed by atoms with Gasteiger partial charge in [0.15, 0.2) is 0 Å². The summed E-state index contributed by atoms with van der Waals surface area (Å²) >= 11 is 0. The lowest BCUT2D eigenvalue weighted by Crippen LogP contribution is -2.13. The fourth-order valence-electron chi connectivity index (χ4n) is 2.00. The molecule has 4 heteroatoms. The Morgan fingerprint density at radius 1 is 1.00 bits per heavy atom. The number of hydrogen-bond acceptors (Lipinski definition) is 2. The molecule has 2 aromatic carbocycles. The Bertz CT molecular complexity index is 570. The van der Waals surface area contributed by atoms with E-state index < -0.39 is 0 Å². The van der Waals surface area contributed by atoms with Crippen molar-refractivity contribution in [2.75, 3.05) is 18.5 Å². The van der Waals surface area contributed by atoms with E-state index in [-0.39, 0.29) is 11.6 Å². The second kappa shape index (κ2) is 5.80. The van der Waals surface area contributed by atoms with E-state index in [1.807, 2.05) is 6.07 Å². The van der Waals surface area contributed by atoms with Crippen LogP contribution in [0, 0.1) is 11.6 Å². The maximum absolute atomic E-state index is 14.0. The summed E-state index contributed by atoms with van der Waals surface area (Å²) in [6.45, 7) is 0.474. The highest BCUT2D eigenvalue weighted by Crippen LogP contribution is 2.28. The topological polar surface area (TPSA) is 29.3 Å². The molecular weight excluding hydrogens is 246 g/mol.